The van der Waals surface area contributed by atoms with Crippen LogP contribution in [0.3, 0.4) is 0 Å². The van der Waals surface area contributed by atoms with Gasteiger partial charge in [0.05, 0.1) is 16.6 Å². The van der Waals surface area contributed by atoms with Crippen LogP contribution in [0.1, 0.15) is 48.9 Å². The van der Waals surface area contributed by atoms with Crippen molar-refractivity contribution in [1.82, 2.24) is 10.0 Å². The van der Waals surface area contributed by atoms with Crippen LogP contribution in [0.5, 0.6) is 0 Å². The smallest absolute Gasteiger partial charge is 0.338 e. The highest BCUT2D eigenvalue weighted by Crippen LogP contribution is 2.18. The lowest BCUT2D eigenvalue weighted by atomic mass is 10.2. The summed E-state index contributed by atoms with van der Waals surface area (Å²) in [5, 5.41) is 2.83. The van der Waals surface area contributed by atoms with E-state index in [1.165, 1.54) is 24.3 Å². The first-order chi connectivity index (χ1) is 13.4. The predicted molar refractivity (Wildman–Crippen MR) is 101 cm³/mol. The quantitative estimate of drug-likeness (QED) is 0.626. The topological polar surface area (TPSA) is 111 Å². The maximum absolute atomic E-state index is 12.4. The fourth-order valence-electron chi connectivity index (χ4n) is 3.44. The third kappa shape index (κ3) is 5.76. The summed E-state index contributed by atoms with van der Waals surface area (Å²) in [4.78, 5) is 24.0. The van der Waals surface area contributed by atoms with Gasteiger partial charge in [0.15, 0.2) is 6.61 Å². The van der Waals surface area contributed by atoms with Gasteiger partial charge in [0.25, 0.3) is 5.91 Å². The van der Waals surface area contributed by atoms with E-state index in [0.29, 0.717) is 6.61 Å². The van der Waals surface area contributed by atoms with Crippen LogP contribution in [-0.4, -0.2) is 52.2 Å². The SMILES string of the molecule is O=C(COC(=O)c1cccc(S(=O)(=O)NC[C@@H]2CCCO2)c1)NC1CCCC1. The van der Waals surface area contributed by atoms with Crippen molar-refractivity contribution in [2.75, 3.05) is 19.8 Å². The average molecular weight is 410 g/mol. The highest BCUT2D eigenvalue weighted by molar-refractivity contribution is 7.89. The predicted octanol–water partition coefficient (Wildman–Crippen LogP) is 1.36. The molecule has 1 saturated carbocycles. The van der Waals surface area contributed by atoms with E-state index in [1.54, 1.807) is 0 Å². The zero-order valence-corrected chi connectivity index (χ0v) is 16.5. The van der Waals surface area contributed by atoms with Gasteiger partial charge in [-0.15, -0.1) is 0 Å². The molecule has 28 heavy (non-hydrogen) atoms. The van der Waals surface area contributed by atoms with E-state index in [1.807, 2.05) is 0 Å². The lowest BCUT2D eigenvalue weighted by molar-refractivity contribution is -0.124. The second kappa shape index (κ2) is 9.49. The molecule has 0 unspecified atom stereocenters. The first-order valence-corrected chi connectivity index (χ1v) is 11.1. The third-order valence-corrected chi connectivity index (χ3v) is 6.38. The van der Waals surface area contributed by atoms with Gasteiger partial charge in [0.1, 0.15) is 0 Å². The molecule has 2 aliphatic rings. The standard InChI is InChI=1S/C19H26N2O6S/c22-18(21-15-6-1-2-7-15)13-27-19(23)14-5-3-9-17(11-14)28(24,25)20-12-16-8-4-10-26-16/h3,5,9,11,15-16,20H,1-2,4,6-8,10,12-13H2,(H,21,22)/t16-/m0/s1. The van der Waals surface area contributed by atoms with Crippen LogP contribution in [-0.2, 0) is 24.3 Å². The van der Waals surface area contributed by atoms with Crippen molar-refractivity contribution in [3.05, 3.63) is 29.8 Å². The molecule has 1 amide bonds. The summed E-state index contributed by atoms with van der Waals surface area (Å²) in [6, 6.07) is 5.72. The number of nitrogens with one attached hydrogen (secondary N) is 2. The molecular formula is C19H26N2O6S. The van der Waals surface area contributed by atoms with Crippen molar-refractivity contribution in [2.45, 2.75) is 55.6 Å². The van der Waals surface area contributed by atoms with Gasteiger partial charge in [-0.2, -0.15) is 0 Å². The minimum Gasteiger partial charge on any atom is -0.452 e. The van der Waals surface area contributed by atoms with Crippen LogP contribution in [0.4, 0.5) is 0 Å². The minimum atomic E-state index is -3.77. The van der Waals surface area contributed by atoms with Gasteiger partial charge in [0, 0.05) is 19.2 Å². The number of carbonyl (C=O) groups is 2. The molecule has 1 heterocycles. The Morgan fingerprint density at radius 1 is 1.14 bits per heavy atom. The zero-order valence-electron chi connectivity index (χ0n) is 15.7. The molecule has 0 spiro atoms. The highest BCUT2D eigenvalue weighted by atomic mass is 32.2. The highest BCUT2D eigenvalue weighted by Gasteiger charge is 2.22. The van der Waals surface area contributed by atoms with Gasteiger partial charge in [-0.25, -0.2) is 17.9 Å². The van der Waals surface area contributed by atoms with Crippen LogP contribution >= 0.6 is 0 Å². The summed E-state index contributed by atoms with van der Waals surface area (Å²) in [7, 11) is -3.77. The minimum absolute atomic E-state index is 0.0321. The normalized spacial score (nSPS) is 20.2. The lowest BCUT2D eigenvalue weighted by Gasteiger charge is -2.13. The van der Waals surface area contributed by atoms with Crippen molar-refractivity contribution in [3.8, 4) is 0 Å². The molecule has 1 aromatic rings. The molecular weight excluding hydrogens is 384 g/mol. The second-order valence-electron chi connectivity index (χ2n) is 7.14. The molecule has 1 aliphatic heterocycles. The van der Waals surface area contributed by atoms with E-state index in [4.69, 9.17) is 9.47 Å². The van der Waals surface area contributed by atoms with E-state index in [2.05, 4.69) is 10.0 Å². The van der Waals surface area contributed by atoms with Gasteiger partial charge in [-0.3, -0.25) is 4.79 Å². The monoisotopic (exact) mass is 410 g/mol. The number of amides is 1. The maximum atomic E-state index is 12.4. The molecule has 2 N–H and O–H groups in total. The van der Waals surface area contributed by atoms with Gasteiger partial charge >= 0.3 is 5.97 Å². The molecule has 2 fully saturated rings. The van der Waals surface area contributed by atoms with Crippen molar-refractivity contribution in [3.63, 3.8) is 0 Å². The van der Waals surface area contributed by atoms with E-state index in [-0.39, 0.29) is 41.7 Å². The van der Waals surface area contributed by atoms with E-state index in [0.717, 1.165) is 38.5 Å². The number of rotatable bonds is 8. The number of benzene rings is 1. The summed E-state index contributed by atoms with van der Waals surface area (Å²) >= 11 is 0. The summed E-state index contributed by atoms with van der Waals surface area (Å²) in [6.07, 6.45) is 5.68. The van der Waals surface area contributed by atoms with E-state index in [9.17, 15) is 18.0 Å². The molecule has 8 nitrogen and oxygen atoms in total. The second-order valence-corrected chi connectivity index (χ2v) is 8.91. The molecule has 9 heteroatoms. The molecule has 1 atom stereocenters. The molecule has 154 valence electrons. The van der Waals surface area contributed by atoms with E-state index < -0.39 is 16.0 Å². The summed E-state index contributed by atoms with van der Waals surface area (Å²) in [5.74, 6) is -1.08. The van der Waals surface area contributed by atoms with Crippen molar-refractivity contribution in [1.29, 1.82) is 0 Å². The van der Waals surface area contributed by atoms with Gasteiger partial charge < -0.3 is 14.8 Å². The van der Waals surface area contributed by atoms with Crippen LogP contribution in [0.2, 0.25) is 0 Å². The molecule has 1 saturated heterocycles. The number of ether oxygens (including phenoxy) is 2. The fraction of sp³-hybridized carbons (Fsp3) is 0.579. The Kier molecular flexibility index (Phi) is 7.03. The van der Waals surface area contributed by atoms with Crippen molar-refractivity contribution < 1.29 is 27.5 Å². The fourth-order valence-corrected chi connectivity index (χ4v) is 4.55. The number of hydrogen-bond donors (Lipinski definition) is 2. The Balaban J connectivity index is 1.53. The molecule has 1 aromatic carbocycles. The molecule has 3 rings (SSSR count). The Labute approximate surface area is 165 Å². The number of sulfonamides is 1. The Bertz CT molecular complexity index is 798. The largest absolute Gasteiger partial charge is 0.452 e. The molecule has 0 radical (unpaired) electrons. The van der Waals surface area contributed by atoms with Gasteiger partial charge in [-0.1, -0.05) is 18.9 Å². The number of hydrogen-bond acceptors (Lipinski definition) is 6. The first kappa shape index (κ1) is 20.8. The Hall–Kier alpha value is -1.97. The number of carbonyl (C=O) groups excluding carboxylic acids is 2. The molecule has 1 aliphatic carbocycles. The maximum Gasteiger partial charge on any atom is 0.338 e. The van der Waals surface area contributed by atoms with Crippen LogP contribution in [0, 0.1) is 0 Å². The zero-order chi connectivity index (χ0) is 20.0. The number of esters is 1. The van der Waals surface area contributed by atoms with Crippen molar-refractivity contribution >= 4 is 21.9 Å². The van der Waals surface area contributed by atoms with Gasteiger partial charge in [-0.05, 0) is 43.9 Å². The van der Waals surface area contributed by atoms with Crippen molar-refractivity contribution in [2.24, 2.45) is 0 Å². The summed E-state index contributed by atoms with van der Waals surface area (Å²) < 4.78 is 37.8. The molecule has 0 bridgehead atoms. The third-order valence-electron chi connectivity index (χ3n) is 4.96. The Morgan fingerprint density at radius 2 is 1.93 bits per heavy atom. The van der Waals surface area contributed by atoms with Gasteiger partial charge in [0.2, 0.25) is 10.0 Å². The average Bonchev–Trinajstić information content (AvgIpc) is 3.39. The van der Waals surface area contributed by atoms with Crippen LogP contribution in [0.25, 0.3) is 0 Å². The lowest BCUT2D eigenvalue weighted by Crippen LogP contribution is -2.36. The van der Waals surface area contributed by atoms with Crippen LogP contribution < -0.4 is 10.0 Å². The van der Waals surface area contributed by atoms with E-state index >= 15 is 0 Å². The summed E-state index contributed by atoms with van der Waals surface area (Å²) in [5.41, 5.74) is 0.0775. The molecule has 0 aromatic heterocycles. The first-order valence-electron chi connectivity index (χ1n) is 9.62. The Morgan fingerprint density at radius 3 is 2.64 bits per heavy atom. The van der Waals surface area contributed by atoms with Crippen LogP contribution in [0.15, 0.2) is 29.2 Å². The summed E-state index contributed by atoms with van der Waals surface area (Å²) in [6.45, 7) is 0.448.